The molecule has 0 saturated heterocycles. The molecule has 0 N–H and O–H groups in total. The van der Waals surface area contributed by atoms with Crippen molar-refractivity contribution < 1.29 is 17.4 Å². The molecule has 2 aromatic carbocycles. The summed E-state index contributed by atoms with van der Waals surface area (Å²) in [5.41, 5.74) is 1.95. The summed E-state index contributed by atoms with van der Waals surface area (Å²) in [5.74, 6) is 0.384. The molecule has 116 valence electrons. The molecule has 0 atom stereocenters. The molecular formula is C17H18O4S. The Labute approximate surface area is 130 Å². The Balaban J connectivity index is 2.09. The van der Waals surface area contributed by atoms with Crippen molar-refractivity contribution in [2.45, 2.75) is 31.6 Å². The highest BCUT2D eigenvalue weighted by atomic mass is 32.2. The van der Waals surface area contributed by atoms with Gasteiger partial charge >= 0.3 is 10.1 Å². The number of benzene rings is 2. The molecule has 0 aliphatic heterocycles. The number of hydrogen-bond donors (Lipinski definition) is 0. The third-order valence-electron chi connectivity index (χ3n) is 3.20. The largest absolute Gasteiger partial charge is 0.379 e. The number of Topliss-reactive ketones (excluding diaryl/α,β-unsaturated/α-hetero) is 1. The van der Waals surface area contributed by atoms with Crippen molar-refractivity contribution in [1.29, 1.82) is 0 Å². The molecule has 0 amide bonds. The normalized spacial score (nSPS) is 11.2. The lowest BCUT2D eigenvalue weighted by molar-refractivity contribution is -0.116. The minimum absolute atomic E-state index is 0.124. The summed E-state index contributed by atoms with van der Waals surface area (Å²) in [6.45, 7) is 3.43. The smallest absolute Gasteiger partial charge is 0.339 e. The molecule has 0 saturated carbocycles. The summed E-state index contributed by atoms with van der Waals surface area (Å²) in [4.78, 5) is 11.1. The van der Waals surface area contributed by atoms with Crippen molar-refractivity contribution in [3.8, 4) is 5.75 Å². The first-order chi connectivity index (χ1) is 10.4. The molecule has 2 aromatic rings. The summed E-state index contributed by atoms with van der Waals surface area (Å²) < 4.78 is 29.4. The zero-order valence-corrected chi connectivity index (χ0v) is 13.4. The van der Waals surface area contributed by atoms with Crippen molar-refractivity contribution in [2.75, 3.05) is 0 Å². The van der Waals surface area contributed by atoms with E-state index in [2.05, 4.69) is 0 Å². The van der Waals surface area contributed by atoms with Crippen LogP contribution >= 0.6 is 0 Å². The predicted molar refractivity (Wildman–Crippen MR) is 84.4 cm³/mol. The highest BCUT2D eigenvalue weighted by Gasteiger charge is 2.16. The fraction of sp³-hybridized carbons (Fsp3) is 0.235. The minimum atomic E-state index is -3.82. The van der Waals surface area contributed by atoms with E-state index in [0.29, 0.717) is 12.8 Å². The van der Waals surface area contributed by atoms with Crippen LogP contribution in [0.5, 0.6) is 5.75 Å². The fourth-order valence-electron chi connectivity index (χ4n) is 1.91. The van der Waals surface area contributed by atoms with Crippen LogP contribution in [-0.2, 0) is 21.3 Å². The summed E-state index contributed by atoms with van der Waals surface area (Å²) in [6, 6.07) is 13.2. The van der Waals surface area contributed by atoms with Gasteiger partial charge in [0, 0.05) is 6.42 Å². The van der Waals surface area contributed by atoms with Crippen LogP contribution < -0.4 is 4.18 Å². The van der Waals surface area contributed by atoms with Gasteiger partial charge in [0.15, 0.2) is 0 Å². The molecule has 0 aliphatic rings. The van der Waals surface area contributed by atoms with Gasteiger partial charge < -0.3 is 8.98 Å². The predicted octanol–water partition coefficient (Wildman–Crippen LogP) is 3.28. The van der Waals surface area contributed by atoms with Gasteiger partial charge in [-0.3, -0.25) is 0 Å². The highest BCUT2D eigenvalue weighted by molar-refractivity contribution is 7.87. The molecule has 0 spiro atoms. The van der Waals surface area contributed by atoms with Gasteiger partial charge in [-0.05, 0) is 50.1 Å². The second-order valence-corrected chi connectivity index (χ2v) is 6.74. The maximum absolute atomic E-state index is 12.1. The molecule has 0 fully saturated rings. The summed E-state index contributed by atoms with van der Waals surface area (Å²) in [6.07, 6.45) is 1.11. The maximum atomic E-state index is 12.1. The molecule has 0 bridgehead atoms. The van der Waals surface area contributed by atoms with E-state index in [-0.39, 0.29) is 16.4 Å². The van der Waals surface area contributed by atoms with E-state index in [4.69, 9.17) is 4.18 Å². The third-order valence-corrected chi connectivity index (χ3v) is 4.47. The number of carbonyl (C=O) groups is 1. The molecule has 0 aromatic heterocycles. The quantitative estimate of drug-likeness (QED) is 0.767. The topological polar surface area (TPSA) is 60.4 Å². The minimum Gasteiger partial charge on any atom is -0.379 e. The van der Waals surface area contributed by atoms with E-state index in [1.807, 2.05) is 6.92 Å². The summed E-state index contributed by atoms with van der Waals surface area (Å²) in [5, 5.41) is 0. The molecule has 5 heteroatoms. The number of ketones is 1. The SMILES string of the molecule is CC(=O)CCc1ccc(OS(=O)(=O)c2ccc(C)cc2)cc1. The molecule has 0 radical (unpaired) electrons. The number of carbonyl (C=O) groups excluding carboxylic acids is 1. The molecule has 2 rings (SSSR count). The van der Waals surface area contributed by atoms with Crippen LogP contribution in [0.1, 0.15) is 24.5 Å². The van der Waals surface area contributed by atoms with Gasteiger partial charge in [0.05, 0.1) is 0 Å². The Kier molecular flexibility index (Phi) is 4.98. The first kappa shape index (κ1) is 16.2. The van der Waals surface area contributed by atoms with E-state index in [9.17, 15) is 13.2 Å². The van der Waals surface area contributed by atoms with Crippen LogP contribution in [0.15, 0.2) is 53.4 Å². The van der Waals surface area contributed by atoms with Crippen LogP contribution in [-0.4, -0.2) is 14.2 Å². The molecule has 4 nitrogen and oxygen atoms in total. The van der Waals surface area contributed by atoms with Crippen LogP contribution in [0.2, 0.25) is 0 Å². The molecule has 22 heavy (non-hydrogen) atoms. The van der Waals surface area contributed by atoms with E-state index < -0.39 is 10.1 Å². The Hall–Kier alpha value is -2.14. The van der Waals surface area contributed by atoms with Crippen LogP contribution in [0.3, 0.4) is 0 Å². The molecular weight excluding hydrogens is 300 g/mol. The average molecular weight is 318 g/mol. The van der Waals surface area contributed by atoms with Crippen molar-refractivity contribution in [2.24, 2.45) is 0 Å². The summed E-state index contributed by atoms with van der Waals surface area (Å²) >= 11 is 0. The lowest BCUT2D eigenvalue weighted by Gasteiger charge is -2.08. The van der Waals surface area contributed by atoms with Crippen molar-refractivity contribution >= 4 is 15.9 Å². The first-order valence-corrected chi connectivity index (χ1v) is 8.37. The van der Waals surface area contributed by atoms with Gasteiger partial charge in [-0.15, -0.1) is 0 Å². The Morgan fingerprint density at radius 1 is 1.00 bits per heavy atom. The number of aryl methyl sites for hydroxylation is 2. The van der Waals surface area contributed by atoms with Crippen molar-refractivity contribution in [3.05, 3.63) is 59.7 Å². The lowest BCUT2D eigenvalue weighted by Crippen LogP contribution is -2.09. The van der Waals surface area contributed by atoms with Gasteiger partial charge in [-0.1, -0.05) is 29.8 Å². The standard InChI is InChI=1S/C17H18O4S/c1-13-3-11-17(12-4-13)22(19,20)21-16-9-7-15(8-10-16)6-5-14(2)18/h3-4,7-12H,5-6H2,1-2H3. The Morgan fingerprint density at radius 3 is 2.14 bits per heavy atom. The van der Waals surface area contributed by atoms with Gasteiger partial charge in [0.25, 0.3) is 0 Å². The van der Waals surface area contributed by atoms with Crippen molar-refractivity contribution in [3.63, 3.8) is 0 Å². The summed E-state index contributed by atoms with van der Waals surface area (Å²) in [7, 11) is -3.82. The lowest BCUT2D eigenvalue weighted by atomic mass is 10.1. The van der Waals surface area contributed by atoms with Gasteiger partial charge in [-0.25, -0.2) is 0 Å². The van der Waals surface area contributed by atoms with E-state index >= 15 is 0 Å². The zero-order chi connectivity index (χ0) is 16.2. The number of rotatable bonds is 6. The van der Waals surface area contributed by atoms with Gasteiger partial charge in [-0.2, -0.15) is 8.42 Å². The molecule has 0 unspecified atom stereocenters. The molecule has 0 heterocycles. The molecule has 0 aliphatic carbocycles. The maximum Gasteiger partial charge on any atom is 0.339 e. The van der Waals surface area contributed by atoms with Gasteiger partial charge in [0.2, 0.25) is 0 Å². The second-order valence-electron chi connectivity index (χ2n) is 5.20. The second kappa shape index (κ2) is 6.75. The Morgan fingerprint density at radius 2 is 1.59 bits per heavy atom. The average Bonchev–Trinajstić information content (AvgIpc) is 2.46. The van der Waals surface area contributed by atoms with Crippen molar-refractivity contribution in [1.82, 2.24) is 0 Å². The zero-order valence-electron chi connectivity index (χ0n) is 12.6. The highest BCUT2D eigenvalue weighted by Crippen LogP contribution is 2.20. The van der Waals surface area contributed by atoms with Crippen LogP contribution in [0.4, 0.5) is 0 Å². The van der Waals surface area contributed by atoms with Gasteiger partial charge in [0.1, 0.15) is 16.4 Å². The van der Waals surface area contributed by atoms with E-state index in [1.165, 1.54) is 12.1 Å². The van der Waals surface area contributed by atoms with Crippen LogP contribution in [0.25, 0.3) is 0 Å². The third kappa shape index (κ3) is 4.43. The fourth-order valence-corrected chi connectivity index (χ4v) is 2.84. The Bertz CT molecular complexity index is 744. The monoisotopic (exact) mass is 318 g/mol. The number of hydrogen-bond acceptors (Lipinski definition) is 4. The van der Waals surface area contributed by atoms with E-state index in [0.717, 1.165) is 11.1 Å². The van der Waals surface area contributed by atoms with E-state index in [1.54, 1.807) is 43.3 Å². The van der Waals surface area contributed by atoms with Crippen LogP contribution in [0, 0.1) is 6.92 Å². The first-order valence-electron chi connectivity index (χ1n) is 6.96.